The second-order valence-electron chi connectivity index (χ2n) is 4.33. The number of phenols is 1. The molecule has 0 radical (unpaired) electrons. The molecule has 0 saturated heterocycles. The van der Waals surface area contributed by atoms with Crippen molar-refractivity contribution in [1.82, 2.24) is 10.2 Å². The number of aromatic hydroxyl groups is 1. The molecule has 4 nitrogen and oxygen atoms in total. The van der Waals surface area contributed by atoms with Gasteiger partial charge in [-0.15, -0.1) is 0 Å². The monoisotopic (exact) mass is 236 g/mol. The number of rotatable bonds is 0. The summed E-state index contributed by atoms with van der Waals surface area (Å²) in [6.07, 6.45) is 0. The van der Waals surface area contributed by atoms with Gasteiger partial charge in [0.1, 0.15) is 11.4 Å². The Kier molecular flexibility index (Phi) is 1.56. The molecule has 0 unspecified atom stereocenters. The molecule has 2 N–H and O–H groups in total. The normalized spacial score (nSPS) is 12.8. The maximum Gasteiger partial charge on any atom is 0.194 e. The van der Waals surface area contributed by atoms with Crippen LogP contribution < -0.4 is 0 Å². The minimum Gasteiger partial charge on any atom is -0.507 e. The van der Waals surface area contributed by atoms with E-state index in [9.17, 15) is 9.90 Å². The van der Waals surface area contributed by atoms with Crippen LogP contribution in [-0.4, -0.2) is 21.1 Å². The van der Waals surface area contributed by atoms with E-state index >= 15 is 0 Å². The van der Waals surface area contributed by atoms with Crippen LogP contribution in [0.15, 0.2) is 36.4 Å². The number of carbonyl (C=O) groups is 1. The first-order valence-corrected chi connectivity index (χ1v) is 5.61. The van der Waals surface area contributed by atoms with Gasteiger partial charge in [-0.1, -0.05) is 24.3 Å². The number of aromatic nitrogens is 2. The lowest BCUT2D eigenvalue weighted by molar-refractivity contribution is 0.104. The van der Waals surface area contributed by atoms with Crippen molar-refractivity contribution in [2.45, 2.75) is 0 Å². The smallest absolute Gasteiger partial charge is 0.194 e. The summed E-state index contributed by atoms with van der Waals surface area (Å²) in [6, 6.07) is 10.4. The number of nitrogens with zero attached hydrogens (tertiary/aromatic N) is 1. The Morgan fingerprint density at radius 2 is 1.83 bits per heavy atom. The van der Waals surface area contributed by atoms with Gasteiger partial charge in [-0.2, -0.15) is 5.10 Å². The molecule has 4 heteroatoms. The van der Waals surface area contributed by atoms with Gasteiger partial charge < -0.3 is 5.11 Å². The Hall–Kier alpha value is -2.62. The van der Waals surface area contributed by atoms with E-state index in [1.165, 1.54) is 0 Å². The maximum atomic E-state index is 12.4. The average Bonchev–Trinajstić information content (AvgIpc) is 2.81. The van der Waals surface area contributed by atoms with E-state index in [0.717, 1.165) is 10.9 Å². The SMILES string of the molecule is O=C1c2cccc(O)c2-c2n[nH]c3cccc1c23. The van der Waals surface area contributed by atoms with E-state index in [-0.39, 0.29) is 11.5 Å². The van der Waals surface area contributed by atoms with Gasteiger partial charge in [-0.25, -0.2) is 0 Å². The van der Waals surface area contributed by atoms with Crippen LogP contribution in [0.4, 0.5) is 0 Å². The molecule has 1 aromatic heterocycles. The number of ketones is 1. The first kappa shape index (κ1) is 9.41. The predicted octanol–water partition coefficient (Wildman–Crippen LogP) is 2.48. The van der Waals surface area contributed by atoms with Gasteiger partial charge in [0, 0.05) is 16.5 Å². The maximum absolute atomic E-state index is 12.4. The number of nitrogens with one attached hydrogen (secondary N) is 1. The minimum atomic E-state index is -0.0691. The molecule has 1 heterocycles. The zero-order chi connectivity index (χ0) is 12.3. The van der Waals surface area contributed by atoms with E-state index in [0.29, 0.717) is 22.4 Å². The third kappa shape index (κ3) is 0.953. The fourth-order valence-corrected chi connectivity index (χ4v) is 2.57. The lowest BCUT2D eigenvalue weighted by atomic mass is 9.87. The second kappa shape index (κ2) is 2.98. The van der Waals surface area contributed by atoms with Gasteiger partial charge in [0.2, 0.25) is 0 Å². The molecule has 0 amide bonds. The molecule has 0 fully saturated rings. The van der Waals surface area contributed by atoms with Crippen molar-refractivity contribution in [2.24, 2.45) is 0 Å². The van der Waals surface area contributed by atoms with Crippen molar-refractivity contribution in [3.8, 4) is 17.0 Å². The van der Waals surface area contributed by atoms with Crippen LogP contribution in [0.3, 0.4) is 0 Å². The lowest BCUT2D eigenvalue weighted by Gasteiger charge is -2.15. The summed E-state index contributed by atoms with van der Waals surface area (Å²) in [4.78, 5) is 12.4. The molecule has 18 heavy (non-hydrogen) atoms. The van der Waals surface area contributed by atoms with Gasteiger partial charge in [0.25, 0.3) is 0 Å². The topological polar surface area (TPSA) is 66.0 Å². The number of benzene rings is 2. The molecule has 2 aromatic carbocycles. The highest BCUT2D eigenvalue weighted by Crippen LogP contribution is 2.41. The van der Waals surface area contributed by atoms with Crippen LogP contribution in [0.1, 0.15) is 15.9 Å². The summed E-state index contributed by atoms with van der Waals surface area (Å²) in [5.74, 6) is 0.0177. The fraction of sp³-hybridized carbons (Fsp3) is 0. The van der Waals surface area contributed by atoms with Crippen molar-refractivity contribution in [3.05, 3.63) is 47.5 Å². The number of hydrogen-bond acceptors (Lipinski definition) is 3. The van der Waals surface area contributed by atoms with Crippen LogP contribution in [0, 0.1) is 0 Å². The first-order valence-electron chi connectivity index (χ1n) is 5.61. The summed E-state index contributed by atoms with van der Waals surface area (Å²) in [7, 11) is 0. The highest BCUT2D eigenvalue weighted by molar-refractivity contribution is 6.25. The highest BCUT2D eigenvalue weighted by atomic mass is 16.3. The van der Waals surface area contributed by atoms with Crippen LogP contribution in [0.25, 0.3) is 22.2 Å². The molecule has 0 atom stereocenters. The summed E-state index contributed by atoms with van der Waals surface area (Å²) in [5.41, 5.74) is 3.11. The van der Waals surface area contributed by atoms with Gasteiger partial charge in [0.15, 0.2) is 5.78 Å². The lowest BCUT2D eigenvalue weighted by Crippen LogP contribution is -2.08. The molecular weight excluding hydrogens is 228 g/mol. The summed E-state index contributed by atoms with van der Waals surface area (Å²) < 4.78 is 0. The number of carbonyl (C=O) groups excluding carboxylic acids is 1. The van der Waals surface area contributed by atoms with E-state index in [2.05, 4.69) is 10.2 Å². The Balaban J connectivity index is 2.28. The summed E-state index contributed by atoms with van der Waals surface area (Å²) >= 11 is 0. The summed E-state index contributed by atoms with van der Waals surface area (Å²) in [5, 5.41) is 17.9. The molecule has 0 spiro atoms. The molecule has 1 aliphatic carbocycles. The zero-order valence-electron chi connectivity index (χ0n) is 9.27. The fourth-order valence-electron chi connectivity index (χ4n) is 2.57. The van der Waals surface area contributed by atoms with E-state index in [4.69, 9.17) is 0 Å². The second-order valence-corrected chi connectivity index (χ2v) is 4.33. The van der Waals surface area contributed by atoms with Gasteiger partial charge in [-0.3, -0.25) is 9.89 Å². The number of fused-ring (bicyclic) bond motifs is 2. The molecule has 1 aliphatic rings. The zero-order valence-corrected chi connectivity index (χ0v) is 9.27. The molecule has 0 aliphatic heterocycles. The van der Waals surface area contributed by atoms with Crippen molar-refractivity contribution in [2.75, 3.05) is 0 Å². The van der Waals surface area contributed by atoms with Crippen molar-refractivity contribution < 1.29 is 9.90 Å². The van der Waals surface area contributed by atoms with Crippen LogP contribution in [-0.2, 0) is 0 Å². The van der Waals surface area contributed by atoms with Crippen molar-refractivity contribution >= 4 is 16.7 Å². The Bertz CT molecular complexity index is 818. The number of aromatic amines is 1. The average molecular weight is 236 g/mol. The highest BCUT2D eigenvalue weighted by Gasteiger charge is 2.29. The third-order valence-electron chi connectivity index (χ3n) is 3.36. The molecular formula is C14H8N2O2. The van der Waals surface area contributed by atoms with Gasteiger partial charge in [-0.05, 0) is 12.1 Å². The molecule has 3 aromatic rings. The van der Waals surface area contributed by atoms with Crippen LogP contribution >= 0.6 is 0 Å². The van der Waals surface area contributed by atoms with Gasteiger partial charge in [0.05, 0.1) is 11.1 Å². The molecule has 4 rings (SSSR count). The van der Waals surface area contributed by atoms with Gasteiger partial charge >= 0.3 is 0 Å². The van der Waals surface area contributed by atoms with E-state index < -0.39 is 0 Å². The Morgan fingerprint density at radius 1 is 1.06 bits per heavy atom. The first-order chi connectivity index (χ1) is 8.77. The predicted molar refractivity (Wildman–Crippen MR) is 66.6 cm³/mol. The Morgan fingerprint density at radius 3 is 2.72 bits per heavy atom. The minimum absolute atomic E-state index is 0.0691. The largest absolute Gasteiger partial charge is 0.507 e. The van der Waals surface area contributed by atoms with E-state index in [1.54, 1.807) is 24.3 Å². The molecule has 0 saturated carbocycles. The van der Waals surface area contributed by atoms with Crippen LogP contribution in [0.5, 0.6) is 5.75 Å². The third-order valence-corrected chi connectivity index (χ3v) is 3.36. The van der Waals surface area contributed by atoms with E-state index in [1.807, 2.05) is 12.1 Å². The standard InChI is InChI=1S/C14H8N2O2/c17-10-6-2-4-8-12(10)13-11-7(14(8)18)3-1-5-9(11)15-16-13/h1-6,17H,(H,15,16). The molecule has 86 valence electrons. The molecule has 0 bridgehead atoms. The quantitative estimate of drug-likeness (QED) is 0.493. The Labute approximate surface area is 102 Å². The van der Waals surface area contributed by atoms with Crippen molar-refractivity contribution in [1.29, 1.82) is 0 Å². The number of phenolic OH excluding ortho intramolecular Hbond substituents is 1. The summed E-state index contributed by atoms with van der Waals surface area (Å²) in [6.45, 7) is 0. The van der Waals surface area contributed by atoms with Crippen molar-refractivity contribution in [3.63, 3.8) is 0 Å². The van der Waals surface area contributed by atoms with Crippen LogP contribution in [0.2, 0.25) is 0 Å². The number of H-pyrrole nitrogens is 1. The number of hydrogen-bond donors (Lipinski definition) is 2.